The van der Waals surface area contributed by atoms with Crippen LogP contribution >= 0.6 is 0 Å². The second-order valence-electron chi connectivity index (χ2n) is 9.94. The van der Waals surface area contributed by atoms with E-state index < -0.39 is 31.7 Å². The van der Waals surface area contributed by atoms with Crippen LogP contribution in [0, 0.1) is 0 Å². The number of carbonyl (C=O) groups is 2. The first-order valence-electron chi connectivity index (χ1n) is 9.42. The summed E-state index contributed by atoms with van der Waals surface area (Å²) in [6.45, 7) is 17.8. The fraction of sp³-hybridized carbons (Fsp3) is 0.619. The van der Waals surface area contributed by atoms with E-state index in [1.807, 2.05) is 30.3 Å². The first-order valence-corrected chi connectivity index (χ1v) is 12.3. The molecule has 150 valence electrons. The molecule has 1 aliphatic heterocycles. The molecular weight excluding hydrogens is 358 g/mol. The zero-order chi connectivity index (χ0) is 20.8. The molecule has 1 heterocycles. The molecule has 5 nitrogen and oxygen atoms in total. The third kappa shape index (κ3) is 4.11. The van der Waals surface area contributed by atoms with Crippen LogP contribution in [-0.2, 0) is 14.0 Å². The number of ether oxygens (including phenoxy) is 1. The van der Waals surface area contributed by atoms with Crippen molar-refractivity contribution in [2.24, 2.45) is 0 Å². The Bertz CT molecular complexity index is 718. The number of hydrogen-bond acceptors (Lipinski definition) is 4. The van der Waals surface area contributed by atoms with Crippen LogP contribution in [0.2, 0.25) is 18.1 Å². The van der Waals surface area contributed by atoms with Gasteiger partial charge in [-0.15, -0.1) is 0 Å². The van der Waals surface area contributed by atoms with E-state index >= 15 is 0 Å². The van der Waals surface area contributed by atoms with Crippen LogP contribution in [-0.4, -0.2) is 36.4 Å². The third-order valence-corrected chi connectivity index (χ3v) is 9.95. The van der Waals surface area contributed by atoms with Gasteiger partial charge in [0.1, 0.15) is 11.6 Å². The molecular formula is C21H33NO4Si. The second-order valence-corrected chi connectivity index (χ2v) is 14.7. The number of hydrogen-bond donors (Lipinski definition) is 0. The highest BCUT2D eigenvalue weighted by atomic mass is 28.4. The molecule has 0 saturated carbocycles. The van der Waals surface area contributed by atoms with Crippen molar-refractivity contribution in [3.05, 3.63) is 35.9 Å². The minimum Gasteiger partial charge on any atom is -0.443 e. The molecule has 6 heteroatoms. The maximum Gasteiger partial charge on any atom is 0.417 e. The van der Waals surface area contributed by atoms with Crippen molar-refractivity contribution >= 4 is 20.3 Å². The molecule has 0 N–H and O–H groups in total. The van der Waals surface area contributed by atoms with Gasteiger partial charge >= 0.3 is 6.09 Å². The predicted octanol–water partition coefficient (Wildman–Crippen LogP) is 5.29. The maximum atomic E-state index is 13.1. The average molecular weight is 392 g/mol. The number of benzene rings is 1. The largest absolute Gasteiger partial charge is 0.443 e. The highest BCUT2D eigenvalue weighted by Gasteiger charge is 2.65. The molecule has 0 aliphatic carbocycles. The van der Waals surface area contributed by atoms with E-state index in [1.165, 1.54) is 4.90 Å². The fourth-order valence-electron chi connectivity index (χ4n) is 3.04. The van der Waals surface area contributed by atoms with Crippen molar-refractivity contribution in [2.45, 2.75) is 83.8 Å². The minimum atomic E-state index is -2.24. The summed E-state index contributed by atoms with van der Waals surface area (Å²) in [5, 5.41) is -0.0517. The van der Waals surface area contributed by atoms with Crippen LogP contribution in [0.3, 0.4) is 0 Å². The van der Waals surface area contributed by atoms with Gasteiger partial charge in [0.05, 0.1) is 0 Å². The van der Waals surface area contributed by atoms with Gasteiger partial charge in [0.15, 0.2) is 13.9 Å². The SMILES string of the molecule is CC(C)(C)OC(=O)N1C(=O)C(C)(O[Si](C)(C)C(C)(C)C)C1c1ccccc1. The highest BCUT2D eigenvalue weighted by Crippen LogP contribution is 2.50. The molecule has 0 bridgehead atoms. The summed E-state index contributed by atoms with van der Waals surface area (Å²) in [5.41, 5.74) is -0.893. The molecule has 27 heavy (non-hydrogen) atoms. The Hall–Kier alpha value is -1.66. The Morgan fingerprint density at radius 3 is 2.04 bits per heavy atom. The number of likely N-dealkylation sites (tertiary alicyclic amines) is 1. The van der Waals surface area contributed by atoms with Crippen LogP contribution in [0.15, 0.2) is 30.3 Å². The van der Waals surface area contributed by atoms with Crippen LogP contribution in [0.1, 0.15) is 60.1 Å². The minimum absolute atomic E-state index is 0.0517. The van der Waals surface area contributed by atoms with E-state index in [0.29, 0.717) is 0 Å². The van der Waals surface area contributed by atoms with Gasteiger partial charge in [-0.3, -0.25) is 4.79 Å². The topological polar surface area (TPSA) is 55.8 Å². The van der Waals surface area contributed by atoms with Crippen LogP contribution in [0.4, 0.5) is 4.79 Å². The van der Waals surface area contributed by atoms with E-state index in [4.69, 9.17) is 9.16 Å². The quantitative estimate of drug-likeness (QED) is 0.519. The summed E-state index contributed by atoms with van der Waals surface area (Å²) in [7, 11) is -2.24. The Labute approximate surface area is 164 Å². The van der Waals surface area contributed by atoms with Gasteiger partial charge in [-0.25, -0.2) is 9.69 Å². The molecule has 2 unspecified atom stereocenters. The first-order chi connectivity index (χ1) is 12.1. The van der Waals surface area contributed by atoms with Crippen molar-refractivity contribution < 1.29 is 18.8 Å². The summed E-state index contributed by atoms with van der Waals surface area (Å²) in [6.07, 6.45) is -0.627. The van der Waals surface area contributed by atoms with Crippen LogP contribution in [0.25, 0.3) is 0 Å². The van der Waals surface area contributed by atoms with Gasteiger partial charge in [0, 0.05) is 0 Å². The molecule has 1 saturated heterocycles. The summed E-state index contributed by atoms with van der Waals surface area (Å²) >= 11 is 0. The Balaban J connectivity index is 2.43. The first kappa shape index (κ1) is 21.6. The van der Waals surface area contributed by atoms with Crippen molar-refractivity contribution in [1.82, 2.24) is 4.90 Å². The van der Waals surface area contributed by atoms with Crippen molar-refractivity contribution in [2.75, 3.05) is 0 Å². The fourth-order valence-corrected chi connectivity index (χ4v) is 4.60. The van der Waals surface area contributed by atoms with E-state index in [-0.39, 0.29) is 10.9 Å². The Kier molecular flexibility index (Phi) is 5.40. The van der Waals surface area contributed by atoms with E-state index in [1.54, 1.807) is 27.7 Å². The lowest BCUT2D eigenvalue weighted by Gasteiger charge is -2.56. The summed E-state index contributed by atoms with van der Waals surface area (Å²) in [5.74, 6) is -0.338. The summed E-state index contributed by atoms with van der Waals surface area (Å²) in [4.78, 5) is 27.0. The molecule has 1 aromatic rings. The standard InChI is InChI=1S/C21H33NO4Si/c1-19(2,3)25-18(24)22-16(15-13-11-10-12-14-15)21(7,17(22)23)26-27(8,9)20(4,5)6/h10-14,16H,1-9H3. The number of carbonyl (C=O) groups excluding carboxylic acids is 2. The number of imide groups is 1. The molecule has 1 fully saturated rings. The lowest BCUT2D eigenvalue weighted by atomic mass is 9.80. The van der Waals surface area contributed by atoms with Gasteiger partial charge in [-0.2, -0.15) is 0 Å². The third-order valence-electron chi connectivity index (χ3n) is 5.40. The predicted molar refractivity (Wildman–Crippen MR) is 109 cm³/mol. The molecule has 2 amide bonds. The van der Waals surface area contributed by atoms with Gasteiger partial charge in [-0.1, -0.05) is 51.1 Å². The van der Waals surface area contributed by atoms with Gasteiger partial charge in [-0.05, 0) is 51.4 Å². The summed E-state index contributed by atoms with van der Waals surface area (Å²) in [6, 6.07) is 9.04. The monoisotopic (exact) mass is 391 g/mol. The van der Waals surface area contributed by atoms with E-state index in [0.717, 1.165) is 5.56 Å². The van der Waals surface area contributed by atoms with E-state index in [9.17, 15) is 9.59 Å². The second kappa shape index (κ2) is 6.74. The lowest BCUT2D eigenvalue weighted by molar-refractivity contribution is -0.181. The molecule has 2 rings (SSSR count). The van der Waals surface area contributed by atoms with Crippen LogP contribution in [0.5, 0.6) is 0 Å². The van der Waals surface area contributed by atoms with Gasteiger partial charge < -0.3 is 9.16 Å². The van der Waals surface area contributed by atoms with Crippen molar-refractivity contribution in [1.29, 1.82) is 0 Å². The van der Waals surface area contributed by atoms with Gasteiger partial charge in [0.25, 0.3) is 5.91 Å². The lowest BCUT2D eigenvalue weighted by Crippen LogP contribution is -2.72. The van der Waals surface area contributed by atoms with Gasteiger partial charge in [0.2, 0.25) is 0 Å². The Morgan fingerprint density at radius 1 is 1.07 bits per heavy atom. The van der Waals surface area contributed by atoms with Crippen molar-refractivity contribution in [3.63, 3.8) is 0 Å². The van der Waals surface area contributed by atoms with Crippen LogP contribution < -0.4 is 0 Å². The number of rotatable bonds is 3. The molecule has 0 spiro atoms. The average Bonchev–Trinajstić information content (AvgIpc) is 2.49. The molecule has 0 aromatic heterocycles. The Morgan fingerprint density at radius 2 is 1.59 bits per heavy atom. The number of nitrogens with zero attached hydrogens (tertiary/aromatic N) is 1. The molecule has 2 atom stereocenters. The molecule has 1 aliphatic rings. The number of β-lactam (4-membered cyclic amide) rings is 1. The zero-order valence-electron chi connectivity index (χ0n) is 18.0. The van der Waals surface area contributed by atoms with E-state index in [2.05, 4.69) is 33.9 Å². The number of amides is 2. The normalized spacial score (nSPS) is 23.8. The smallest absolute Gasteiger partial charge is 0.417 e. The molecule has 1 aromatic carbocycles. The highest BCUT2D eigenvalue weighted by molar-refractivity contribution is 6.74. The maximum absolute atomic E-state index is 13.1. The summed E-state index contributed by atoms with van der Waals surface area (Å²) < 4.78 is 12.0. The van der Waals surface area contributed by atoms with Crippen molar-refractivity contribution in [3.8, 4) is 0 Å². The zero-order valence-corrected chi connectivity index (χ0v) is 19.0. The molecule has 0 radical (unpaired) electrons.